The van der Waals surface area contributed by atoms with Crippen LogP contribution in [0.4, 0.5) is 13.2 Å². The quantitative estimate of drug-likeness (QED) is 0.341. The van der Waals surface area contributed by atoms with E-state index < -0.39 is 29.2 Å². The number of halogens is 3. The number of aliphatic hydroxyl groups excluding tert-OH is 1. The Morgan fingerprint density at radius 2 is 1.77 bits per heavy atom. The van der Waals surface area contributed by atoms with Gasteiger partial charge in [0.05, 0.1) is 28.8 Å². The molecule has 0 spiro atoms. The van der Waals surface area contributed by atoms with Crippen molar-refractivity contribution in [1.29, 1.82) is 0 Å². The van der Waals surface area contributed by atoms with Crippen molar-refractivity contribution in [2.75, 3.05) is 19.6 Å². The molecular weight excluding hydrogens is 621 g/mol. The molecular formula is C37H41F3N4O4. The summed E-state index contributed by atoms with van der Waals surface area (Å²) in [6.45, 7) is 7.58. The van der Waals surface area contributed by atoms with Crippen molar-refractivity contribution in [1.82, 2.24) is 19.8 Å². The fraction of sp³-hybridized carbons (Fsp3) is 0.459. The van der Waals surface area contributed by atoms with Gasteiger partial charge in [0.15, 0.2) is 6.10 Å². The lowest BCUT2D eigenvalue weighted by atomic mass is 9.89. The van der Waals surface area contributed by atoms with Crippen LogP contribution in [-0.4, -0.2) is 56.3 Å². The average molecular weight is 663 g/mol. The number of carbonyl (C=O) groups is 2. The molecule has 3 aromatic rings. The number of nitrogens with one attached hydrogen (secondary N) is 1. The average Bonchev–Trinajstić information content (AvgIpc) is 3.88. The molecule has 1 aliphatic carbocycles. The first kappa shape index (κ1) is 33.6. The number of hydrogen-bond donors (Lipinski definition) is 2. The van der Waals surface area contributed by atoms with Gasteiger partial charge in [-0.25, -0.2) is 4.98 Å². The Balaban J connectivity index is 1.20. The number of nitrogens with zero attached hydrogens (tertiary/aromatic N) is 3. The number of rotatable bonds is 6. The van der Waals surface area contributed by atoms with Crippen molar-refractivity contribution in [2.45, 2.75) is 83.5 Å². The molecule has 1 atom stereocenters. The Morgan fingerprint density at radius 1 is 1.02 bits per heavy atom. The predicted octanol–water partition coefficient (Wildman–Crippen LogP) is 5.93. The summed E-state index contributed by atoms with van der Waals surface area (Å²) in [5.41, 5.74) is 2.29. The molecule has 1 aromatic heterocycles. The van der Waals surface area contributed by atoms with Crippen LogP contribution in [0.2, 0.25) is 0 Å². The molecule has 0 saturated heterocycles. The lowest BCUT2D eigenvalue weighted by Crippen LogP contribution is -2.36. The molecule has 11 heteroatoms. The third kappa shape index (κ3) is 6.97. The fourth-order valence-corrected chi connectivity index (χ4v) is 6.76. The topological polar surface area (TPSA) is 107 Å². The maximum atomic E-state index is 13.5. The highest BCUT2D eigenvalue weighted by molar-refractivity contribution is 5.82. The maximum Gasteiger partial charge on any atom is 0.416 e. The third-order valence-corrected chi connectivity index (χ3v) is 9.60. The van der Waals surface area contributed by atoms with E-state index in [9.17, 15) is 32.7 Å². The number of carbonyl (C=O) groups excluding carboxylic acids is 2. The van der Waals surface area contributed by atoms with Crippen molar-refractivity contribution in [3.05, 3.63) is 104 Å². The van der Waals surface area contributed by atoms with Crippen LogP contribution in [0.1, 0.15) is 98.3 Å². The van der Waals surface area contributed by atoms with Gasteiger partial charge in [0.1, 0.15) is 5.82 Å². The van der Waals surface area contributed by atoms with Crippen molar-refractivity contribution >= 4 is 17.4 Å². The van der Waals surface area contributed by atoms with Gasteiger partial charge in [-0.05, 0) is 71.9 Å². The summed E-state index contributed by atoms with van der Waals surface area (Å²) in [5.74, 6) is -0.00954. The van der Waals surface area contributed by atoms with Crippen LogP contribution in [0.25, 0.3) is 5.57 Å². The number of amides is 2. The number of hydrogen-bond acceptors (Lipinski definition) is 5. The van der Waals surface area contributed by atoms with Crippen LogP contribution >= 0.6 is 0 Å². The van der Waals surface area contributed by atoms with E-state index >= 15 is 0 Å². The molecule has 1 unspecified atom stereocenters. The summed E-state index contributed by atoms with van der Waals surface area (Å²) in [6, 6.07) is 12.4. The highest BCUT2D eigenvalue weighted by atomic mass is 19.4. The van der Waals surface area contributed by atoms with Gasteiger partial charge < -0.3 is 19.9 Å². The summed E-state index contributed by atoms with van der Waals surface area (Å²) in [4.78, 5) is 50.7. The lowest BCUT2D eigenvalue weighted by molar-refractivity contribution is -0.142. The van der Waals surface area contributed by atoms with Gasteiger partial charge in [-0.1, -0.05) is 63.2 Å². The van der Waals surface area contributed by atoms with E-state index in [0.717, 1.165) is 48.6 Å². The minimum atomic E-state index is -4.61. The summed E-state index contributed by atoms with van der Waals surface area (Å²) in [6.07, 6.45) is -0.441. The SMILES string of the molecule is CC(C)(C)CC(=O)N1CC=C(c2cccc(C3(c4nc5c(c(=O)[nH]4)CN(C(=O)C(O)c4cccc(C(F)(F)F)c4)CCC5)CC3)c2)CC1. The first-order chi connectivity index (χ1) is 22.6. The van der Waals surface area contributed by atoms with Crippen LogP contribution in [0.5, 0.6) is 0 Å². The molecule has 8 nitrogen and oxygen atoms in total. The molecule has 2 amide bonds. The number of aromatic nitrogens is 2. The van der Waals surface area contributed by atoms with Crippen LogP contribution in [0, 0.1) is 5.41 Å². The number of benzene rings is 2. The van der Waals surface area contributed by atoms with Gasteiger partial charge in [0, 0.05) is 26.1 Å². The summed E-state index contributed by atoms with van der Waals surface area (Å²) < 4.78 is 39.7. The number of aromatic amines is 1. The second kappa shape index (κ2) is 12.7. The number of aliphatic hydroxyl groups is 1. The Kier molecular flexibility index (Phi) is 8.87. The van der Waals surface area contributed by atoms with E-state index in [-0.39, 0.29) is 35.5 Å². The summed E-state index contributed by atoms with van der Waals surface area (Å²) >= 11 is 0. The van der Waals surface area contributed by atoms with Gasteiger partial charge in [-0.3, -0.25) is 14.4 Å². The van der Waals surface area contributed by atoms with Gasteiger partial charge in [0.25, 0.3) is 11.5 Å². The van der Waals surface area contributed by atoms with Crippen LogP contribution in [0.3, 0.4) is 0 Å². The molecule has 3 aliphatic rings. The van der Waals surface area contributed by atoms with Gasteiger partial charge >= 0.3 is 6.18 Å². The van der Waals surface area contributed by atoms with Crippen molar-refractivity contribution < 1.29 is 27.9 Å². The lowest BCUT2D eigenvalue weighted by Gasteiger charge is -2.29. The third-order valence-electron chi connectivity index (χ3n) is 9.60. The molecule has 6 rings (SSSR count). The Hall–Kier alpha value is -4.25. The fourth-order valence-electron chi connectivity index (χ4n) is 6.76. The Labute approximate surface area is 277 Å². The van der Waals surface area contributed by atoms with Gasteiger partial charge in [-0.2, -0.15) is 13.2 Å². The zero-order chi connectivity index (χ0) is 34.4. The van der Waals surface area contributed by atoms with E-state index in [0.29, 0.717) is 49.4 Å². The first-order valence-corrected chi connectivity index (χ1v) is 16.5. The number of H-pyrrole nitrogens is 1. The Morgan fingerprint density at radius 3 is 2.44 bits per heavy atom. The van der Waals surface area contributed by atoms with Gasteiger partial charge in [0.2, 0.25) is 5.91 Å². The molecule has 254 valence electrons. The van der Waals surface area contributed by atoms with Crippen LogP contribution < -0.4 is 5.56 Å². The molecule has 2 N–H and O–H groups in total. The highest BCUT2D eigenvalue weighted by Gasteiger charge is 2.49. The number of aryl methyl sites for hydroxylation is 1. The molecule has 1 saturated carbocycles. The van der Waals surface area contributed by atoms with Crippen molar-refractivity contribution in [2.24, 2.45) is 5.41 Å². The Bertz CT molecular complexity index is 1820. The standard InChI is InChI=1S/C37H41F3N4O4/c1-35(2,3)21-30(45)43-17-12-23(13-18-43)24-7-4-9-26(19-24)36(14-15-36)34-41-29-11-6-16-44(22-28(29)32(47)42-34)33(48)31(46)25-8-5-10-27(20-25)37(38,39)40/h4-5,7-10,12,19-20,31,46H,6,11,13-18,21-22H2,1-3H3,(H,41,42,47). The van der Waals surface area contributed by atoms with E-state index in [1.807, 2.05) is 11.0 Å². The highest BCUT2D eigenvalue weighted by Crippen LogP contribution is 2.52. The second-order valence-corrected chi connectivity index (χ2v) is 14.4. The maximum absolute atomic E-state index is 13.5. The summed E-state index contributed by atoms with van der Waals surface area (Å²) in [7, 11) is 0. The normalized spacial score (nSPS) is 18.4. The molecule has 0 bridgehead atoms. The second-order valence-electron chi connectivity index (χ2n) is 14.4. The monoisotopic (exact) mass is 662 g/mol. The van der Waals surface area contributed by atoms with E-state index in [1.54, 1.807) is 0 Å². The number of alkyl halides is 3. The van der Waals surface area contributed by atoms with Crippen molar-refractivity contribution in [3.8, 4) is 0 Å². The van der Waals surface area contributed by atoms with E-state index in [4.69, 9.17) is 4.98 Å². The largest absolute Gasteiger partial charge is 0.416 e. The van der Waals surface area contributed by atoms with Gasteiger partial charge in [-0.15, -0.1) is 0 Å². The van der Waals surface area contributed by atoms with E-state index in [1.165, 1.54) is 16.5 Å². The van der Waals surface area contributed by atoms with Crippen LogP contribution in [-0.2, 0) is 34.1 Å². The molecule has 48 heavy (non-hydrogen) atoms. The summed E-state index contributed by atoms with van der Waals surface area (Å²) in [5, 5.41) is 10.7. The zero-order valence-corrected chi connectivity index (χ0v) is 27.5. The zero-order valence-electron chi connectivity index (χ0n) is 27.5. The number of fused-ring (bicyclic) bond motifs is 1. The van der Waals surface area contributed by atoms with E-state index in [2.05, 4.69) is 50.0 Å². The molecule has 2 aliphatic heterocycles. The molecule has 1 fully saturated rings. The predicted molar refractivity (Wildman–Crippen MR) is 175 cm³/mol. The molecule has 3 heterocycles. The smallest absolute Gasteiger partial charge is 0.378 e. The molecule has 0 radical (unpaired) electrons. The minimum Gasteiger partial charge on any atom is -0.378 e. The molecule has 2 aromatic carbocycles. The minimum absolute atomic E-state index is 0.0618. The van der Waals surface area contributed by atoms with Crippen LogP contribution in [0.15, 0.2) is 59.4 Å². The van der Waals surface area contributed by atoms with Crippen molar-refractivity contribution in [3.63, 3.8) is 0 Å². The first-order valence-electron chi connectivity index (χ1n) is 16.5.